The molecular formula is C12H14N2O2. The molecule has 1 aromatic rings. The van der Waals surface area contributed by atoms with Crippen LogP contribution in [0, 0.1) is 0 Å². The number of fused-ring (bicyclic) bond motifs is 1. The number of rotatable bonds is 2. The maximum absolute atomic E-state index is 11.7. The van der Waals surface area contributed by atoms with E-state index < -0.39 is 0 Å². The predicted octanol–water partition coefficient (Wildman–Crippen LogP) is 1.73. The Morgan fingerprint density at radius 3 is 2.38 bits per heavy atom. The molecule has 0 aliphatic carbocycles. The van der Waals surface area contributed by atoms with Crippen molar-refractivity contribution in [3.05, 3.63) is 29.3 Å². The van der Waals surface area contributed by atoms with Crippen LogP contribution in [0.4, 0.5) is 5.69 Å². The van der Waals surface area contributed by atoms with E-state index in [-0.39, 0.29) is 11.8 Å². The second-order valence-corrected chi connectivity index (χ2v) is 4.23. The molecular weight excluding hydrogens is 204 g/mol. The van der Waals surface area contributed by atoms with Gasteiger partial charge in [-0.25, -0.2) is 0 Å². The lowest BCUT2D eigenvalue weighted by Crippen LogP contribution is -2.24. The van der Waals surface area contributed by atoms with Gasteiger partial charge in [-0.1, -0.05) is 0 Å². The summed E-state index contributed by atoms with van der Waals surface area (Å²) in [5.41, 5.74) is 1.84. The zero-order chi connectivity index (χ0) is 11.9. The minimum atomic E-state index is -0.229. The molecule has 16 heavy (non-hydrogen) atoms. The highest BCUT2D eigenvalue weighted by atomic mass is 16.2. The van der Waals surface area contributed by atoms with Gasteiger partial charge in [0.25, 0.3) is 11.8 Å². The van der Waals surface area contributed by atoms with Gasteiger partial charge in [-0.2, -0.15) is 0 Å². The SMILES string of the molecule is CC(C)Nc1ccc2c(c1)C(=O)N(C)C2=O. The van der Waals surface area contributed by atoms with E-state index in [9.17, 15) is 9.59 Å². The highest BCUT2D eigenvalue weighted by Gasteiger charge is 2.32. The molecule has 0 fully saturated rings. The molecule has 0 atom stereocenters. The molecule has 0 saturated carbocycles. The quantitative estimate of drug-likeness (QED) is 0.769. The van der Waals surface area contributed by atoms with Gasteiger partial charge in [0, 0.05) is 18.8 Å². The Labute approximate surface area is 94.2 Å². The fraction of sp³-hybridized carbons (Fsp3) is 0.333. The number of imide groups is 1. The van der Waals surface area contributed by atoms with E-state index in [1.54, 1.807) is 12.1 Å². The number of nitrogens with zero attached hydrogens (tertiary/aromatic N) is 1. The Morgan fingerprint density at radius 2 is 1.75 bits per heavy atom. The molecule has 84 valence electrons. The van der Waals surface area contributed by atoms with Gasteiger partial charge in [-0.15, -0.1) is 0 Å². The van der Waals surface area contributed by atoms with E-state index in [0.29, 0.717) is 17.2 Å². The normalized spacial score (nSPS) is 14.6. The molecule has 0 saturated heterocycles. The van der Waals surface area contributed by atoms with E-state index in [1.165, 1.54) is 7.05 Å². The molecule has 0 spiro atoms. The molecule has 4 heteroatoms. The van der Waals surface area contributed by atoms with Crippen molar-refractivity contribution in [2.45, 2.75) is 19.9 Å². The van der Waals surface area contributed by atoms with Crippen molar-refractivity contribution in [1.29, 1.82) is 0 Å². The van der Waals surface area contributed by atoms with Crippen LogP contribution in [-0.4, -0.2) is 29.8 Å². The fourth-order valence-corrected chi connectivity index (χ4v) is 1.78. The molecule has 0 aromatic heterocycles. The van der Waals surface area contributed by atoms with Gasteiger partial charge in [-0.3, -0.25) is 14.5 Å². The number of amides is 2. The van der Waals surface area contributed by atoms with Crippen molar-refractivity contribution < 1.29 is 9.59 Å². The van der Waals surface area contributed by atoms with Crippen LogP contribution in [0.5, 0.6) is 0 Å². The molecule has 1 N–H and O–H groups in total. The van der Waals surface area contributed by atoms with Gasteiger partial charge in [0.2, 0.25) is 0 Å². The van der Waals surface area contributed by atoms with Gasteiger partial charge in [0.1, 0.15) is 0 Å². The van der Waals surface area contributed by atoms with E-state index in [2.05, 4.69) is 5.32 Å². The molecule has 1 aliphatic heterocycles. The van der Waals surface area contributed by atoms with Crippen LogP contribution in [0.2, 0.25) is 0 Å². The summed E-state index contributed by atoms with van der Waals surface area (Å²) in [5, 5.41) is 3.20. The fourth-order valence-electron chi connectivity index (χ4n) is 1.78. The van der Waals surface area contributed by atoms with Gasteiger partial charge >= 0.3 is 0 Å². The average molecular weight is 218 g/mol. The van der Waals surface area contributed by atoms with Crippen LogP contribution in [0.25, 0.3) is 0 Å². The predicted molar refractivity (Wildman–Crippen MR) is 61.6 cm³/mol. The molecule has 2 amide bonds. The summed E-state index contributed by atoms with van der Waals surface area (Å²) in [4.78, 5) is 24.5. The van der Waals surface area contributed by atoms with Gasteiger partial charge in [0.05, 0.1) is 11.1 Å². The van der Waals surface area contributed by atoms with Gasteiger partial charge in [0.15, 0.2) is 0 Å². The number of carbonyl (C=O) groups excluding carboxylic acids is 2. The Morgan fingerprint density at radius 1 is 1.12 bits per heavy atom. The third-order valence-corrected chi connectivity index (χ3v) is 2.54. The van der Waals surface area contributed by atoms with Crippen molar-refractivity contribution in [1.82, 2.24) is 4.90 Å². The molecule has 0 unspecified atom stereocenters. The first kappa shape index (κ1) is 10.7. The van der Waals surface area contributed by atoms with E-state index in [0.717, 1.165) is 10.6 Å². The lowest BCUT2D eigenvalue weighted by Gasteiger charge is -2.10. The van der Waals surface area contributed by atoms with Crippen molar-refractivity contribution in [3.8, 4) is 0 Å². The number of hydrogen-bond donors (Lipinski definition) is 1. The zero-order valence-corrected chi connectivity index (χ0v) is 9.57. The van der Waals surface area contributed by atoms with Crippen molar-refractivity contribution in [2.75, 3.05) is 12.4 Å². The molecule has 1 heterocycles. The third kappa shape index (κ3) is 1.56. The lowest BCUT2D eigenvalue weighted by molar-refractivity contribution is 0.0693. The number of carbonyl (C=O) groups is 2. The molecule has 1 aromatic carbocycles. The molecule has 0 radical (unpaired) electrons. The molecule has 1 aliphatic rings. The van der Waals surface area contributed by atoms with E-state index >= 15 is 0 Å². The minimum Gasteiger partial charge on any atom is -0.383 e. The average Bonchev–Trinajstić information content (AvgIpc) is 2.43. The summed E-state index contributed by atoms with van der Waals surface area (Å²) in [6.45, 7) is 4.04. The number of nitrogens with one attached hydrogen (secondary N) is 1. The number of hydrogen-bond acceptors (Lipinski definition) is 3. The summed E-state index contributed by atoms with van der Waals surface area (Å²) in [7, 11) is 1.50. The Bertz CT molecular complexity index is 466. The maximum atomic E-state index is 11.7. The minimum absolute atomic E-state index is 0.226. The number of anilines is 1. The van der Waals surface area contributed by atoms with Crippen LogP contribution in [-0.2, 0) is 0 Å². The first-order valence-corrected chi connectivity index (χ1v) is 5.23. The summed E-state index contributed by atoms with van der Waals surface area (Å²) in [5.74, 6) is -0.455. The Hall–Kier alpha value is -1.84. The van der Waals surface area contributed by atoms with E-state index in [1.807, 2.05) is 19.9 Å². The Kier molecular flexibility index (Phi) is 2.42. The van der Waals surface area contributed by atoms with Crippen LogP contribution in [0.3, 0.4) is 0 Å². The molecule has 2 rings (SSSR count). The van der Waals surface area contributed by atoms with Crippen LogP contribution >= 0.6 is 0 Å². The second-order valence-electron chi connectivity index (χ2n) is 4.23. The van der Waals surface area contributed by atoms with Crippen LogP contribution in [0.1, 0.15) is 34.6 Å². The summed E-state index contributed by atoms with van der Waals surface area (Å²) >= 11 is 0. The monoisotopic (exact) mass is 218 g/mol. The highest BCUT2D eigenvalue weighted by molar-refractivity contribution is 6.21. The summed E-state index contributed by atoms with van der Waals surface area (Å²) < 4.78 is 0. The first-order valence-electron chi connectivity index (χ1n) is 5.23. The smallest absolute Gasteiger partial charge is 0.261 e. The third-order valence-electron chi connectivity index (χ3n) is 2.54. The largest absolute Gasteiger partial charge is 0.383 e. The zero-order valence-electron chi connectivity index (χ0n) is 9.57. The maximum Gasteiger partial charge on any atom is 0.261 e. The van der Waals surface area contributed by atoms with Crippen LogP contribution < -0.4 is 5.32 Å². The second kappa shape index (κ2) is 3.63. The van der Waals surface area contributed by atoms with Crippen molar-refractivity contribution in [2.24, 2.45) is 0 Å². The van der Waals surface area contributed by atoms with Gasteiger partial charge in [-0.05, 0) is 32.0 Å². The summed E-state index contributed by atoms with van der Waals surface area (Å²) in [6, 6.07) is 5.55. The van der Waals surface area contributed by atoms with Crippen molar-refractivity contribution in [3.63, 3.8) is 0 Å². The summed E-state index contributed by atoms with van der Waals surface area (Å²) in [6.07, 6.45) is 0. The van der Waals surface area contributed by atoms with E-state index in [4.69, 9.17) is 0 Å². The standard InChI is InChI=1S/C12H14N2O2/c1-7(2)13-8-4-5-9-10(6-8)12(16)14(3)11(9)15/h4-7,13H,1-3H3. The lowest BCUT2D eigenvalue weighted by atomic mass is 10.1. The van der Waals surface area contributed by atoms with Crippen LogP contribution in [0.15, 0.2) is 18.2 Å². The molecule has 0 bridgehead atoms. The first-order chi connectivity index (χ1) is 7.50. The Balaban J connectivity index is 2.41. The van der Waals surface area contributed by atoms with Gasteiger partial charge < -0.3 is 5.32 Å². The van der Waals surface area contributed by atoms with Crippen molar-refractivity contribution >= 4 is 17.5 Å². The topological polar surface area (TPSA) is 49.4 Å². The highest BCUT2D eigenvalue weighted by Crippen LogP contribution is 2.24. The molecule has 4 nitrogen and oxygen atoms in total. The number of benzene rings is 1.